The molecule has 0 fully saturated rings. The highest BCUT2D eigenvalue weighted by molar-refractivity contribution is 5.24. The zero-order chi connectivity index (χ0) is 17.5. The molecule has 0 saturated heterocycles. The van der Waals surface area contributed by atoms with Crippen molar-refractivity contribution < 1.29 is 15.3 Å². The van der Waals surface area contributed by atoms with Gasteiger partial charge in [-0.3, -0.25) is 4.90 Å². The van der Waals surface area contributed by atoms with Crippen molar-refractivity contribution in [2.75, 3.05) is 13.6 Å². The summed E-state index contributed by atoms with van der Waals surface area (Å²) < 4.78 is 0. The number of hydrogen-bond acceptors (Lipinski definition) is 4. The van der Waals surface area contributed by atoms with E-state index < -0.39 is 12.2 Å². The molecule has 130 valence electrons. The normalized spacial score (nSPS) is 15.2. The lowest BCUT2D eigenvalue weighted by Gasteiger charge is -2.28. The Morgan fingerprint density at radius 3 is 2.12 bits per heavy atom. The summed E-state index contributed by atoms with van der Waals surface area (Å²) in [4.78, 5) is 2.05. The Balaban J connectivity index is 1.91. The van der Waals surface area contributed by atoms with E-state index in [-0.39, 0.29) is 12.5 Å². The molecule has 0 aliphatic carbocycles. The van der Waals surface area contributed by atoms with E-state index in [0.29, 0.717) is 6.54 Å². The van der Waals surface area contributed by atoms with Crippen molar-refractivity contribution in [3.05, 3.63) is 71.3 Å². The summed E-state index contributed by atoms with van der Waals surface area (Å²) in [5.74, 6) is -0.289. The van der Waals surface area contributed by atoms with E-state index in [2.05, 4.69) is 17.0 Å². The van der Waals surface area contributed by atoms with E-state index in [9.17, 15) is 10.2 Å². The monoisotopic (exact) mass is 329 g/mol. The summed E-state index contributed by atoms with van der Waals surface area (Å²) in [6, 6.07) is 17.3. The van der Waals surface area contributed by atoms with Crippen molar-refractivity contribution in [3.8, 4) is 0 Å². The first-order chi connectivity index (χ1) is 11.5. The predicted octanol–water partition coefficient (Wildman–Crippen LogP) is 2.34. The largest absolute Gasteiger partial charge is 0.392 e. The summed E-state index contributed by atoms with van der Waals surface area (Å²) >= 11 is 0. The molecule has 0 amide bonds. The van der Waals surface area contributed by atoms with Crippen molar-refractivity contribution in [1.29, 1.82) is 0 Å². The number of rotatable bonds is 8. The fraction of sp³-hybridized carbons (Fsp3) is 0.400. The van der Waals surface area contributed by atoms with Gasteiger partial charge in [-0.1, -0.05) is 61.5 Å². The van der Waals surface area contributed by atoms with Gasteiger partial charge in [0.05, 0.1) is 18.8 Å². The van der Waals surface area contributed by atoms with Gasteiger partial charge in [-0.15, -0.1) is 0 Å². The second-order valence-electron chi connectivity index (χ2n) is 6.45. The molecule has 3 N–H and O–H groups in total. The Kier molecular flexibility index (Phi) is 6.94. The first-order valence-electron chi connectivity index (χ1n) is 8.29. The van der Waals surface area contributed by atoms with Crippen molar-refractivity contribution in [3.63, 3.8) is 0 Å². The van der Waals surface area contributed by atoms with Crippen LogP contribution in [0.2, 0.25) is 0 Å². The maximum Gasteiger partial charge on any atom is 0.0840 e. The Morgan fingerprint density at radius 1 is 0.917 bits per heavy atom. The Morgan fingerprint density at radius 2 is 1.54 bits per heavy atom. The Labute approximate surface area is 144 Å². The second kappa shape index (κ2) is 8.94. The number of aliphatic hydroxyl groups is 3. The van der Waals surface area contributed by atoms with Gasteiger partial charge in [0, 0.05) is 19.0 Å². The fourth-order valence-corrected chi connectivity index (χ4v) is 2.78. The van der Waals surface area contributed by atoms with Gasteiger partial charge in [0.15, 0.2) is 0 Å². The van der Waals surface area contributed by atoms with Crippen LogP contribution in [0.4, 0.5) is 0 Å². The van der Waals surface area contributed by atoms with Crippen LogP contribution in [0.5, 0.6) is 0 Å². The van der Waals surface area contributed by atoms with E-state index in [0.717, 1.165) is 17.7 Å². The summed E-state index contributed by atoms with van der Waals surface area (Å²) in [6.45, 7) is 3.08. The van der Waals surface area contributed by atoms with Crippen LogP contribution in [0.25, 0.3) is 0 Å². The maximum absolute atomic E-state index is 10.5. The van der Waals surface area contributed by atoms with Gasteiger partial charge < -0.3 is 15.3 Å². The number of nitrogens with zero attached hydrogens (tertiary/aromatic N) is 1. The lowest BCUT2D eigenvalue weighted by Crippen LogP contribution is -2.35. The molecular formula is C20H27NO3. The fourth-order valence-electron chi connectivity index (χ4n) is 2.78. The third kappa shape index (κ3) is 5.14. The number of benzene rings is 2. The third-order valence-electron chi connectivity index (χ3n) is 4.40. The highest BCUT2D eigenvalue weighted by Crippen LogP contribution is 2.25. The predicted molar refractivity (Wildman–Crippen MR) is 95.3 cm³/mol. The van der Waals surface area contributed by atoms with Crippen LogP contribution in [0.3, 0.4) is 0 Å². The molecule has 4 heteroatoms. The van der Waals surface area contributed by atoms with Gasteiger partial charge in [-0.05, 0) is 23.7 Å². The lowest BCUT2D eigenvalue weighted by molar-refractivity contribution is 0.00451. The van der Waals surface area contributed by atoms with E-state index in [1.165, 1.54) is 5.56 Å². The highest BCUT2D eigenvalue weighted by atomic mass is 16.3. The zero-order valence-corrected chi connectivity index (χ0v) is 14.3. The minimum atomic E-state index is -0.738. The van der Waals surface area contributed by atoms with Crippen LogP contribution in [0.15, 0.2) is 54.6 Å². The van der Waals surface area contributed by atoms with Gasteiger partial charge in [0.25, 0.3) is 0 Å². The molecule has 0 saturated carbocycles. The molecule has 3 atom stereocenters. The second-order valence-corrected chi connectivity index (χ2v) is 6.45. The van der Waals surface area contributed by atoms with Crippen LogP contribution in [0.1, 0.15) is 29.7 Å². The number of likely N-dealkylation sites (N-methyl/N-ethyl adjacent to an activating group) is 1. The molecule has 0 aliphatic rings. The van der Waals surface area contributed by atoms with Crippen LogP contribution < -0.4 is 0 Å². The minimum absolute atomic E-state index is 0.0150. The van der Waals surface area contributed by atoms with Crippen LogP contribution in [-0.2, 0) is 13.2 Å². The summed E-state index contributed by atoms with van der Waals surface area (Å²) in [6.07, 6.45) is -1.37. The van der Waals surface area contributed by atoms with Crippen molar-refractivity contribution in [1.82, 2.24) is 4.90 Å². The standard InChI is InChI=1S/C20H27NO3/c1-15(20(24)18-10-8-17(14-22)9-11-18)19(23)13-21(2)12-16-6-4-3-5-7-16/h3-11,15,19-20,22-24H,12-14H2,1-2H3/t15-,19+,20+/m0/s1. The summed E-state index contributed by atoms with van der Waals surface area (Å²) in [5, 5.41) is 30.0. The lowest BCUT2D eigenvalue weighted by atomic mass is 9.92. The van der Waals surface area contributed by atoms with E-state index in [1.54, 1.807) is 24.3 Å². The molecule has 0 bridgehead atoms. The molecule has 2 aromatic carbocycles. The Hall–Kier alpha value is -1.72. The van der Waals surface area contributed by atoms with Gasteiger partial charge in [0.1, 0.15) is 0 Å². The molecule has 0 aromatic heterocycles. The molecule has 0 spiro atoms. The third-order valence-corrected chi connectivity index (χ3v) is 4.40. The van der Waals surface area contributed by atoms with Gasteiger partial charge in [0.2, 0.25) is 0 Å². The quantitative estimate of drug-likeness (QED) is 0.696. The highest BCUT2D eigenvalue weighted by Gasteiger charge is 2.24. The minimum Gasteiger partial charge on any atom is -0.392 e. The average Bonchev–Trinajstić information content (AvgIpc) is 2.61. The van der Waals surface area contributed by atoms with Gasteiger partial charge in [-0.2, -0.15) is 0 Å². The van der Waals surface area contributed by atoms with Crippen molar-refractivity contribution >= 4 is 0 Å². The molecule has 24 heavy (non-hydrogen) atoms. The summed E-state index contributed by atoms with van der Waals surface area (Å²) in [5.41, 5.74) is 2.76. The molecule has 0 radical (unpaired) electrons. The van der Waals surface area contributed by atoms with Crippen molar-refractivity contribution in [2.24, 2.45) is 5.92 Å². The summed E-state index contributed by atoms with van der Waals surface area (Å²) in [7, 11) is 1.96. The molecule has 0 aliphatic heterocycles. The smallest absolute Gasteiger partial charge is 0.0840 e. The molecule has 2 aromatic rings. The molecule has 2 rings (SSSR count). The average molecular weight is 329 g/mol. The van der Waals surface area contributed by atoms with E-state index in [1.807, 2.05) is 32.2 Å². The maximum atomic E-state index is 10.5. The topological polar surface area (TPSA) is 63.9 Å². The zero-order valence-electron chi connectivity index (χ0n) is 14.3. The van der Waals surface area contributed by atoms with Crippen molar-refractivity contribution in [2.45, 2.75) is 32.3 Å². The van der Waals surface area contributed by atoms with Gasteiger partial charge in [-0.25, -0.2) is 0 Å². The molecular weight excluding hydrogens is 302 g/mol. The first-order valence-corrected chi connectivity index (χ1v) is 8.29. The van der Waals surface area contributed by atoms with Crippen LogP contribution >= 0.6 is 0 Å². The molecule has 4 nitrogen and oxygen atoms in total. The van der Waals surface area contributed by atoms with Crippen LogP contribution in [0, 0.1) is 5.92 Å². The molecule has 0 heterocycles. The first kappa shape index (κ1) is 18.6. The molecule has 0 unspecified atom stereocenters. The number of aliphatic hydroxyl groups excluding tert-OH is 3. The van der Waals surface area contributed by atoms with E-state index >= 15 is 0 Å². The SMILES string of the molecule is C[C@@H]([C@H](O)CN(C)Cc1ccccc1)[C@@H](O)c1ccc(CO)cc1. The number of hydrogen-bond donors (Lipinski definition) is 3. The van der Waals surface area contributed by atoms with Gasteiger partial charge >= 0.3 is 0 Å². The van der Waals surface area contributed by atoms with E-state index in [4.69, 9.17) is 5.11 Å². The van der Waals surface area contributed by atoms with Crippen LogP contribution in [-0.4, -0.2) is 39.9 Å². The Bertz CT molecular complexity index is 600.